The van der Waals surface area contributed by atoms with Crippen LogP contribution in [0, 0.1) is 59.1 Å². The lowest BCUT2D eigenvalue weighted by Gasteiger charge is -2.55. The molecule has 8 saturated heterocycles. The average Bonchev–Trinajstić information content (AvgIpc) is 1.48. The number of terminal acetylenes is 2. The largest absolute Gasteiger partial charge is 0.507 e. The summed E-state index contributed by atoms with van der Waals surface area (Å²) in [5, 5.41) is 82.5. The molecule has 2 aliphatic carbocycles. The minimum Gasteiger partial charge on any atom is -0.507 e. The molecule has 5 aromatic heterocycles. The number of nitrogens with one attached hydrogen (secondary N) is 5. The van der Waals surface area contributed by atoms with E-state index >= 15 is 18.8 Å². The molecule has 10 aliphatic heterocycles. The molecule has 15 heterocycles. The van der Waals surface area contributed by atoms with E-state index in [1.807, 2.05) is 69.6 Å². The monoisotopic (exact) mass is 1980 g/mol. The zero-order valence-electron chi connectivity index (χ0n) is 83.7. The molecule has 8 aromatic rings. The second-order valence-corrected chi connectivity index (χ2v) is 43.4. The number of aliphatic hydroxyl groups is 2. The van der Waals surface area contributed by atoms with Crippen molar-refractivity contribution in [2.45, 2.75) is 222 Å². The molecule has 1 spiro atoms. The summed E-state index contributed by atoms with van der Waals surface area (Å²) < 4.78 is 33.5. The van der Waals surface area contributed by atoms with Gasteiger partial charge in [0, 0.05) is 174 Å². The number of aromatic hydroxyl groups is 2. The van der Waals surface area contributed by atoms with Crippen LogP contribution in [0.2, 0.25) is 0 Å². The summed E-state index contributed by atoms with van der Waals surface area (Å²) in [4.78, 5) is 114. The Hall–Kier alpha value is -12.4. The van der Waals surface area contributed by atoms with Crippen molar-refractivity contribution >= 4 is 58.5 Å². The lowest BCUT2D eigenvalue weighted by atomic mass is 9.56. The number of hydrogen-bond acceptors (Lipinski definition) is 30. The van der Waals surface area contributed by atoms with E-state index in [1.54, 1.807) is 36.4 Å². The molecule has 145 heavy (non-hydrogen) atoms. The Morgan fingerprint density at radius 2 is 1.19 bits per heavy atom. The van der Waals surface area contributed by atoms with Gasteiger partial charge in [-0.2, -0.15) is 0 Å². The maximum Gasteiger partial charge on any atom is 0.254 e. The molecular weight excluding hydrogens is 1840 g/mol. The van der Waals surface area contributed by atoms with Crippen LogP contribution in [0.1, 0.15) is 182 Å². The Morgan fingerprint density at radius 3 is 1.80 bits per heavy atom. The van der Waals surface area contributed by atoms with Crippen LogP contribution in [0.4, 0.5) is 33.3 Å². The predicted molar refractivity (Wildman–Crippen MR) is 545 cm³/mol. The number of anilines is 5. The van der Waals surface area contributed by atoms with E-state index in [4.69, 9.17) is 36.8 Å². The number of nitrogens with zero attached hydrogens (tertiary/aromatic N) is 18. The van der Waals surface area contributed by atoms with Gasteiger partial charge in [0.05, 0.1) is 60.7 Å². The number of phenolic OH excluding ortho intramolecular Hbond substituents is 2. The van der Waals surface area contributed by atoms with Crippen LogP contribution in [0.3, 0.4) is 0 Å². The zero-order valence-corrected chi connectivity index (χ0v) is 83.7. The number of aromatic nitrogens is 8. The van der Waals surface area contributed by atoms with Crippen molar-refractivity contribution in [3.63, 3.8) is 0 Å². The Morgan fingerprint density at radius 1 is 0.607 bits per heavy atom. The van der Waals surface area contributed by atoms with E-state index in [-0.39, 0.29) is 97.9 Å². The number of fused-ring (bicyclic) bond motifs is 6. The number of aliphatic hydroxyl groups excluding tert-OH is 2. The number of likely N-dealkylation sites (tertiary alicyclic amines) is 6. The minimum atomic E-state index is -1.24. The highest BCUT2D eigenvalue weighted by Gasteiger charge is 2.53. The number of phenols is 2. The van der Waals surface area contributed by atoms with Crippen LogP contribution in [0.15, 0.2) is 114 Å². The first kappa shape index (κ1) is 99.9. The van der Waals surface area contributed by atoms with Crippen LogP contribution in [-0.4, -0.2) is 330 Å². The SMILES string of the molecule is C#Cc1ccc(CNC(=O)[C@@H]2C[C@@H](O)CN2C(=O)C(c2cc(OCCN3CCC(N4CCC(N5CCC(CN6CCN7c8cc(-c9ccccc9O)nnc8NC[C@H]7C6)CC5)CC4)CC3)no2)C(C)CCC(C)(C)[C@H](NC(=O)C2CCC3(CC2)CC(N2CCC(c4cnc(N5CCN6c7cc(-c8ccccc8O)nnc7NC[C@H]6C5)nc4)CC2)C3)C(=O)N2C[C@H](O)C[C@H]2C(=O)NCc2ncc(C#C)cc2OC)c(F)c1. The highest BCUT2D eigenvalue weighted by molar-refractivity contribution is 5.94. The molecule has 768 valence electrons. The number of methoxy groups -OCH3 is 1. The number of piperazine rings is 2. The van der Waals surface area contributed by atoms with E-state index in [9.17, 15) is 30.0 Å². The summed E-state index contributed by atoms with van der Waals surface area (Å²) in [7, 11) is 1.47. The van der Waals surface area contributed by atoms with Gasteiger partial charge in [0.25, 0.3) is 5.88 Å². The van der Waals surface area contributed by atoms with Gasteiger partial charge in [-0.15, -0.1) is 33.2 Å². The van der Waals surface area contributed by atoms with E-state index in [0.29, 0.717) is 114 Å². The molecule has 20 rings (SSSR count). The fourth-order valence-corrected chi connectivity index (χ4v) is 25.4. The van der Waals surface area contributed by atoms with Crippen LogP contribution < -0.4 is 50.8 Å². The van der Waals surface area contributed by atoms with Gasteiger partial charge in [-0.1, -0.05) is 62.9 Å². The smallest absolute Gasteiger partial charge is 0.254 e. The fourth-order valence-electron chi connectivity index (χ4n) is 25.4. The number of hydrogen-bond donors (Lipinski definition) is 9. The van der Waals surface area contributed by atoms with Gasteiger partial charge in [0.15, 0.2) is 17.4 Å². The van der Waals surface area contributed by atoms with Gasteiger partial charge < -0.3 is 100 Å². The molecule has 3 aromatic carbocycles. The molecule has 12 aliphatic rings. The molecular formula is C109H138FN23O12. The molecule has 0 radical (unpaired) electrons. The predicted octanol–water partition coefficient (Wildman–Crippen LogP) is 8.84. The first-order chi connectivity index (χ1) is 70.3. The second kappa shape index (κ2) is 43.7. The normalized spacial score (nSPS) is 24.9. The zero-order chi connectivity index (χ0) is 100. The molecule has 5 amide bonds. The number of halogens is 1. The molecule has 35 nitrogen and oxygen atoms in total. The maximum atomic E-state index is 15.9. The van der Waals surface area contributed by atoms with Crippen molar-refractivity contribution in [2.75, 3.05) is 170 Å². The summed E-state index contributed by atoms with van der Waals surface area (Å²) in [6, 6.07) is 24.6. The van der Waals surface area contributed by atoms with Gasteiger partial charge in [-0.3, -0.25) is 38.8 Å². The maximum absolute atomic E-state index is 15.9. The molecule has 9 atom stereocenters. The standard InChI is InChI=1S/C109H138FN23O12/c1-7-69-17-18-74(85(110)47-69)57-114-103(139)91-49-81(134)66-132(91)105(141)98(96-53-97(123-145-96)144-46-45-124-33-26-76(27-34-124)127-39-28-77(29-40-127)126-35-22-71(23-36-126)63-125-41-43-130-79(64-125)60-112-100-89(130)51-86(119-121-100)83-13-9-11-15-93(83)136)68(3)19-30-108(4,5)99(106(142)133-67-82(135)50-92(133)104(140)115-62-88-95(143-6)48-70(8-2)56-111-88)118-102(138)73-20-31-109(32-21-73)54-78(55-109)128-37-24-72(25-38-128)75-58-116-107(117-59-75)129-42-44-131-80(65-129)61-113-101-90(131)52-87(120-122-101)84-14-10-12-16-94(84)137/h1-2,9-18,47-48,51-53,56,58-59,68,71-73,76-82,91-92,98-99,134-137H,19-46,49-50,54-55,57,60-67H2,3-6H3,(H,112,121)(H,113,122)(H,114,139)(H,115,140)(H,118,138)/t68?,73?,78?,79-,80-,81+,82+,91-,92-,98?,99+,109?/m0/s1. The lowest BCUT2D eigenvalue weighted by molar-refractivity contribution is -0.145. The summed E-state index contributed by atoms with van der Waals surface area (Å²) in [6.45, 7) is 22.0. The average molecular weight is 1980 g/mol. The van der Waals surface area contributed by atoms with E-state index in [0.717, 1.165) is 191 Å². The topological polar surface area (TPSA) is 394 Å². The number of carbonyl (C=O) groups is 5. The molecule has 9 N–H and O–H groups in total. The van der Waals surface area contributed by atoms with Crippen molar-refractivity contribution in [1.82, 2.24) is 90.8 Å². The molecule has 2 unspecified atom stereocenters. The molecule has 36 heteroatoms. The molecule has 10 fully saturated rings. The summed E-state index contributed by atoms with van der Waals surface area (Å²) in [5.74, 6) is 4.01. The third-order valence-electron chi connectivity index (χ3n) is 34.1. The third kappa shape index (κ3) is 22.0. The Bertz CT molecular complexity index is 6030. The highest BCUT2D eigenvalue weighted by Crippen LogP contribution is 2.56. The van der Waals surface area contributed by atoms with Crippen LogP contribution >= 0.6 is 0 Å². The summed E-state index contributed by atoms with van der Waals surface area (Å²) >= 11 is 0. The van der Waals surface area contributed by atoms with Gasteiger partial charge in [-0.25, -0.2) is 14.4 Å². The van der Waals surface area contributed by atoms with Crippen molar-refractivity contribution in [2.24, 2.45) is 28.6 Å². The van der Waals surface area contributed by atoms with Gasteiger partial charge in [0.2, 0.25) is 35.5 Å². The van der Waals surface area contributed by atoms with Crippen LogP contribution in [0.25, 0.3) is 22.5 Å². The molecule has 0 bridgehead atoms. The number of benzene rings is 3. The van der Waals surface area contributed by atoms with Gasteiger partial charge >= 0.3 is 0 Å². The van der Waals surface area contributed by atoms with Crippen molar-refractivity contribution in [3.8, 4) is 70.3 Å². The van der Waals surface area contributed by atoms with Crippen LogP contribution in [-0.2, 0) is 37.1 Å². The number of para-hydroxylation sites is 2. The number of amides is 5. The Labute approximate surface area is 847 Å². The lowest BCUT2D eigenvalue weighted by Crippen LogP contribution is -2.59. The van der Waals surface area contributed by atoms with E-state index in [2.05, 4.69) is 114 Å². The van der Waals surface area contributed by atoms with Crippen LogP contribution in [0.5, 0.6) is 23.1 Å². The Kier molecular flexibility index (Phi) is 30.1. The summed E-state index contributed by atoms with van der Waals surface area (Å²) in [6.07, 6.45) is 28.8. The number of rotatable bonds is 30. The van der Waals surface area contributed by atoms with Crippen molar-refractivity contribution in [1.29, 1.82) is 0 Å². The van der Waals surface area contributed by atoms with Crippen molar-refractivity contribution < 1.29 is 62.8 Å². The number of pyridine rings is 1. The van der Waals surface area contributed by atoms with Gasteiger partial charge in [-0.05, 0) is 249 Å². The molecule has 2 saturated carbocycles. The quantitative estimate of drug-likeness (QED) is 0.0190. The van der Waals surface area contributed by atoms with E-state index in [1.165, 1.54) is 60.9 Å². The van der Waals surface area contributed by atoms with Gasteiger partial charge in [0.1, 0.15) is 59.4 Å². The summed E-state index contributed by atoms with van der Waals surface area (Å²) in [5.41, 5.74) is 6.17. The third-order valence-corrected chi connectivity index (χ3v) is 34.1. The number of piperidine rings is 4. The Balaban J connectivity index is 0.454. The number of carbonyl (C=O) groups excluding carboxylic acids is 5. The first-order valence-electron chi connectivity index (χ1n) is 52.6. The van der Waals surface area contributed by atoms with Crippen molar-refractivity contribution in [3.05, 3.63) is 149 Å². The first-order valence-corrected chi connectivity index (χ1v) is 52.6. The second-order valence-electron chi connectivity index (χ2n) is 43.4. The number of β-amino-alcohol motifs (C(OH)–C–C–N with tert-alkyl or cyclic N) is 2. The fraction of sp³-hybridized carbons (Fsp3) is 0.569. The number of ether oxygens (including phenoxy) is 2. The van der Waals surface area contributed by atoms with E-state index < -0.39 is 82.9 Å². The minimum absolute atomic E-state index is 0.0728. The highest BCUT2D eigenvalue weighted by atomic mass is 19.1.